The van der Waals surface area contributed by atoms with Crippen LogP contribution in [0, 0.1) is 13.8 Å². The van der Waals surface area contributed by atoms with Crippen LogP contribution in [0.4, 0.5) is 11.5 Å². The summed E-state index contributed by atoms with van der Waals surface area (Å²) in [6, 6.07) is 10.2. The number of H-pyrrole nitrogens is 1. The average Bonchev–Trinajstić information content (AvgIpc) is 2.59. The lowest BCUT2D eigenvalue weighted by molar-refractivity contribution is -0.364. The molecular formula is C18H22ClN4S+. The molecule has 0 unspecified atom stereocenters. The van der Waals surface area contributed by atoms with Gasteiger partial charge in [0.15, 0.2) is 5.11 Å². The van der Waals surface area contributed by atoms with E-state index in [2.05, 4.69) is 32.2 Å². The van der Waals surface area contributed by atoms with Crippen LogP contribution in [0.1, 0.15) is 11.1 Å². The van der Waals surface area contributed by atoms with E-state index in [0.29, 0.717) is 5.02 Å². The minimum atomic E-state index is 0.715. The molecule has 3 rings (SSSR count). The molecule has 1 aliphatic heterocycles. The van der Waals surface area contributed by atoms with Crippen LogP contribution < -0.4 is 15.2 Å². The summed E-state index contributed by atoms with van der Waals surface area (Å²) in [6.07, 6.45) is 1.95. The van der Waals surface area contributed by atoms with Crippen molar-refractivity contribution in [1.29, 1.82) is 0 Å². The van der Waals surface area contributed by atoms with Crippen molar-refractivity contribution in [3.63, 3.8) is 0 Å². The number of piperazine rings is 1. The Morgan fingerprint density at radius 2 is 1.92 bits per heavy atom. The Hall–Kier alpha value is -1.85. The summed E-state index contributed by atoms with van der Waals surface area (Å²) < 4.78 is 0. The number of aromatic amines is 1. The second-order valence-electron chi connectivity index (χ2n) is 6.09. The van der Waals surface area contributed by atoms with Gasteiger partial charge in [-0.2, -0.15) is 0 Å². The molecule has 0 aliphatic carbocycles. The molecule has 1 saturated heterocycles. The molecule has 2 aromatic rings. The smallest absolute Gasteiger partial charge is 0.274 e. The van der Waals surface area contributed by atoms with Gasteiger partial charge in [-0.15, -0.1) is 0 Å². The van der Waals surface area contributed by atoms with E-state index >= 15 is 0 Å². The van der Waals surface area contributed by atoms with Gasteiger partial charge in [-0.05, 0) is 49.3 Å². The number of pyridine rings is 1. The van der Waals surface area contributed by atoms with Crippen molar-refractivity contribution in [2.24, 2.45) is 0 Å². The molecular weight excluding hydrogens is 340 g/mol. The quantitative estimate of drug-likeness (QED) is 0.832. The second kappa shape index (κ2) is 7.36. The minimum absolute atomic E-state index is 0.715. The predicted octanol–water partition coefficient (Wildman–Crippen LogP) is 3.29. The van der Waals surface area contributed by atoms with Crippen LogP contribution in [-0.2, 0) is 0 Å². The van der Waals surface area contributed by atoms with Crippen molar-refractivity contribution >= 4 is 40.4 Å². The first kappa shape index (κ1) is 17.0. The molecule has 1 aromatic carbocycles. The van der Waals surface area contributed by atoms with Crippen LogP contribution >= 0.6 is 23.8 Å². The van der Waals surface area contributed by atoms with E-state index in [-0.39, 0.29) is 0 Å². The summed E-state index contributed by atoms with van der Waals surface area (Å²) in [7, 11) is 0. The van der Waals surface area contributed by atoms with Gasteiger partial charge >= 0.3 is 0 Å². The van der Waals surface area contributed by atoms with Gasteiger partial charge in [-0.3, -0.25) is 4.90 Å². The topological polar surface area (TPSA) is 32.6 Å². The summed E-state index contributed by atoms with van der Waals surface area (Å²) >= 11 is 12.0. The van der Waals surface area contributed by atoms with Crippen molar-refractivity contribution < 1.29 is 4.98 Å². The van der Waals surface area contributed by atoms with Crippen LogP contribution in [0.3, 0.4) is 0 Å². The molecule has 126 valence electrons. The van der Waals surface area contributed by atoms with Crippen molar-refractivity contribution in [2.45, 2.75) is 13.8 Å². The Morgan fingerprint density at radius 1 is 1.17 bits per heavy atom. The van der Waals surface area contributed by atoms with E-state index < -0.39 is 0 Å². The molecule has 0 bridgehead atoms. The number of anilines is 2. The number of hydrogen-bond donors (Lipinski definition) is 1. The molecule has 0 amide bonds. The van der Waals surface area contributed by atoms with Gasteiger partial charge in [-0.25, -0.2) is 4.98 Å². The summed E-state index contributed by atoms with van der Waals surface area (Å²) in [6.45, 7) is 7.73. The largest absolute Gasteiger partial charge is 0.341 e. The maximum atomic E-state index is 6.37. The Bertz CT molecular complexity index is 704. The van der Waals surface area contributed by atoms with E-state index in [0.717, 1.165) is 53.9 Å². The Kier molecular flexibility index (Phi) is 5.21. The monoisotopic (exact) mass is 361 g/mol. The number of aromatic nitrogens is 1. The van der Waals surface area contributed by atoms with Gasteiger partial charge in [0.2, 0.25) is 0 Å². The van der Waals surface area contributed by atoms with Gasteiger partial charge < -0.3 is 10.2 Å². The summed E-state index contributed by atoms with van der Waals surface area (Å²) in [4.78, 5) is 7.82. The number of rotatable bonds is 2. The molecule has 2 N–H and O–H groups in total. The average molecular weight is 362 g/mol. The highest BCUT2D eigenvalue weighted by molar-refractivity contribution is 7.80. The van der Waals surface area contributed by atoms with E-state index in [9.17, 15) is 0 Å². The highest BCUT2D eigenvalue weighted by atomic mass is 35.5. The maximum absolute atomic E-state index is 6.37. The molecule has 0 radical (unpaired) electrons. The number of nitrogens with zero attached hydrogens (tertiary/aromatic N) is 2. The van der Waals surface area contributed by atoms with E-state index in [1.807, 2.05) is 38.2 Å². The zero-order valence-corrected chi connectivity index (χ0v) is 15.5. The third-order valence-electron chi connectivity index (χ3n) is 4.26. The Labute approximate surface area is 153 Å². The zero-order chi connectivity index (χ0) is 17.1. The van der Waals surface area contributed by atoms with E-state index in [1.54, 1.807) is 0 Å². The lowest BCUT2D eigenvalue weighted by atomic mass is 10.1. The van der Waals surface area contributed by atoms with Crippen molar-refractivity contribution in [3.05, 3.63) is 52.7 Å². The third kappa shape index (κ3) is 3.79. The zero-order valence-electron chi connectivity index (χ0n) is 14.0. The number of halogens is 1. The molecule has 24 heavy (non-hydrogen) atoms. The number of hydrogen-bond acceptors (Lipinski definition) is 2. The molecule has 1 aliphatic rings. The van der Waals surface area contributed by atoms with Crippen LogP contribution in [0.5, 0.6) is 0 Å². The summed E-state index contributed by atoms with van der Waals surface area (Å²) in [5, 5.41) is 4.78. The predicted molar refractivity (Wildman–Crippen MR) is 104 cm³/mol. The van der Waals surface area contributed by atoms with E-state index in [1.165, 1.54) is 0 Å². The van der Waals surface area contributed by atoms with Gasteiger partial charge in [-0.1, -0.05) is 23.7 Å². The fourth-order valence-electron chi connectivity index (χ4n) is 2.99. The number of nitrogens with one attached hydrogen (secondary N) is 2. The minimum Gasteiger partial charge on any atom is -0.341 e. The molecule has 1 aromatic heterocycles. The highest BCUT2D eigenvalue weighted by Gasteiger charge is 2.24. The van der Waals surface area contributed by atoms with Gasteiger partial charge in [0, 0.05) is 6.07 Å². The number of benzene rings is 1. The maximum Gasteiger partial charge on any atom is 0.274 e. The number of thiocarbonyl (C=S) groups is 1. The molecule has 2 heterocycles. The van der Waals surface area contributed by atoms with Crippen molar-refractivity contribution in [1.82, 2.24) is 4.90 Å². The van der Waals surface area contributed by atoms with E-state index in [4.69, 9.17) is 23.8 Å². The number of aryl methyl sites for hydroxylation is 2. The molecule has 0 saturated carbocycles. The fourth-order valence-corrected chi connectivity index (χ4v) is 3.64. The van der Waals surface area contributed by atoms with Gasteiger partial charge in [0.25, 0.3) is 5.82 Å². The first-order valence-corrected chi connectivity index (χ1v) is 8.87. The van der Waals surface area contributed by atoms with Crippen LogP contribution in [0.15, 0.2) is 36.5 Å². The molecule has 6 heteroatoms. The normalized spacial score (nSPS) is 14.6. The van der Waals surface area contributed by atoms with Crippen LogP contribution in [-0.4, -0.2) is 36.2 Å². The Morgan fingerprint density at radius 3 is 2.54 bits per heavy atom. The lowest BCUT2D eigenvalue weighted by Crippen LogP contribution is -2.51. The molecule has 4 nitrogen and oxygen atoms in total. The molecule has 0 atom stereocenters. The molecule has 0 spiro atoms. The second-order valence-corrected chi connectivity index (χ2v) is 6.88. The highest BCUT2D eigenvalue weighted by Crippen LogP contribution is 2.27. The van der Waals surface area contributed by atoms with Gasteiger partial charge in [0.1, 0.15) is 13.1 Å². The Balaban J connectivity index is 1.62. The lowest BCUT2D eigenvalue weighted by Gasteiger charge is -2.33. The summed E-state index contributed by atoms with van der Waals surface area (Å²) in [5.74, 6) is 1.15. The molecule has 1 fully saturated rings. The third-order valence-corrected chi connectivity index (χ3v) is 4.92. The first-order valence-electron chi connectivity index (χ1n) is 8.09. The van der Waals surface area contributed by atoms with Crippen molar-refractivity contribution in [2.75, 3.05) is 36.4 Å². The summed E-state index contributed by atoms with van der Waals surface area (Å²) in [5.41, 5.74) is 3.17. The van der Waals surface area contributed by atoms with Crippen LogP contribution in [0.25, 0.3) is 0 Å². The fraction of sp³-hybridized carbons (Fsp3) is 0.333. The first-order chi connectivity index (χ1) is 11.5. The van der Waals surface area contributed by atoms with Crippen LogP contribution in [0.2, 0.25) is 5.02 Å². The van der Waals surface area contributed by atoms with Gasteiger partial charge in [0.05, 0.1) is 30.0 Å². The SMILES string of the molecule is Cc1cc(C)c(NC(=S)N2CCN(c3cccc[nH+]3)CC2)c(Cl)c1. The standard InChI is InChI=1S/C18H21ClN4S/c1-13-11-14(2)17(15(19)12-13)21-18(24)23-9-7-22(8-10-23)16-5-3-4-6-20-16/h3-6,11-12H,7-10H2,1-2H3,(H,21,24)/p+1. The van der Waals surface area contributed by atoms with Crippen molar-refractivity contribution in [3.8, 4) is 0 Å².